The van der Waals surface area contributed by atoms with Gasteiger partial charge in [0.2, 0.25) is 0 Å². The van der Waals surface area contributed by atoms with Gasteiger partial charge in [0, 0.05) is 9.90 Å². The third kappa shape index (κ3) is 4.61. The predicted octanol–water partition coefficient (Wildman–Crippen LogP) is 4.31. The van der Waals surface area contributed by atoms with Crippen molar-refractivity contribution >= 4 is 34.8 Å². The van der Waals surface area contributed by atoms with E-state index < -0.39 is 5.97 Å². The van der Waals surface area contributed by atoms with Crippen LogP contribution in [0.2, 0.25) is 5.02 Å². The van der Waals surface area contributed by atoms with Crippen LogP contribution < -0.4 is 5.32 Å². The molecule has 1 aliphatic carbocycles. The second kappa shape index (κ2) is 8.02. The number of hydrogen-bond donors (Lipinski definition) is 1. The standard InChI is InChI=1S/C19H20ClNO3S/c1-12(13-6-8-15(20)9-7-13)21-18(22)11-24-19(23)17-10-14-4-2-3-5-16(14)25-17/h6-10,12H,2-5,11H2,1H3,(H,21,22)/t12-/m0/s1. The van der Waals surface area contributed by atoms with Crippen LogP contribution in [0.15, 0.2) is 30.3 Å². The summed E-state index contributed by atoms with van der Waals surface area (Å²) < 4.78 is 5.16. The maximum Gasteiger partial charge on any atom is 0.348 e. The molecule has 3 rings (SSSR count). The van der Waals surface area contributed by atoms with Gasteiger partial charge >= 0.3 is 5.97 Å². The van der Waals surface area contributed by atoms with Crippen molar-refractivity contribution in [3.63, 3.8) is 0 Å². The SMILES string of the molecule is C[C@H](NC(=O)COC(=O)c1cc2c(s1)CCCC2)c1ccc(Cl)cc1. The summed E-state index contributed by atoms with van der Waals surface area (Å²) in [6, 6.07) is 8.99. The fourth-order valence-electron chi connectivity index (χ4n) is 2.91. The number of aryl methyl sites for hydroxylation is 2. The van der Waals surface area contributed by atoms with Gasteiger partial charge in [-0.05, 0) is 61.9 Å². The molecule has 0 spiro atoms. The highest BCUT2D eigenvalue weighted by molar-refractivity contribution is 7.14. The van der Waals surface area contributed by atoms with Crippen molar-refractivity contribution in [3.8, 4) is 0 Å². The number of halogens is 1. The van der Waals surface area contributed by atoms with Crippen LogP contribution in [0.5, 0.6) is 0 Å². The number of carbonyl (C=O) groups is 2. The largest absolute Gasteiger partial charge is 0.451 e. The molecule has 0 bridgehead atoms. The molecular formula is C19H20ClNO3S. The monoisotopic (exact) mass is 377 g/mol. The number of amides is 1. The summed E-state index contributed by atoms with van der Waals surface area (Å²) in [5.41, 5.74) is 2.19. The molecular weight excluding hydrogens is 358 g/mol. The second-order valence-corrected chi connectivity index (χ2v) is 7.76. The first kappa shape index (κ1) is 18.0. The van der Waals surface area contributed by atoms with Crippen molar-refractivity contribution in [3.05, 3.63) is 56.2 Å². The second-order valence-electron chi connectivity index (χ2n) is 6.18. The summed E-state index contributed by atoms with van der Waals surface area (Å²) in [6.07, 6.45) is 4.40. The molecule has 4 nitrogen and oxygen atoms in total. The lowest BCUT2D eigenvalue weighted by atomic mass is 9.99. The first-order valence-corrected chi connectivity index (χ1v) is 9.56. The van der Waals surface area contributed by atoms with Gasteiger partial charge in [-0.15, -0.1) is 11.3 Å². The summed E-state index contributed by atoms with van der Waals surface area (Å²) in [5, 5.41) is 3.46. The number of thiophene rings is 1. The Morgan fingerprint density at radius 2 is 1.96 bits per heavy atom. The number of ether oxygens (including phenoxy) is 1. The zero-order valence-electron chi connectivity index (χ0n) is 14.0. The Kier molecular flexibility index (Phi) is 5.76. The van der Waals surface area contributed by atoms with Gasteiger partial charge in [-0.25, -0.2) is 4.79 Å². The Hall–Kier alpha value is -1.85. The topological polar surface area (TPSA) is 55.4 Å². The van der Waals surface area contributed by atoms with E-state index in [2.05, 4.69) is 5.32 Å². The Morgan fingerprint density at radius 3 is 2.68 bits per heavy atom. The molecule has 0 fully saturated rings. The molecule has 0 saturated heterocycles. The molecule has 1 atom stereocenters. The normalized spacial score (nSPS) is 14.5. The average Bonchev–Trinajstić information content (AvgIpc) is 3.04. The maximum absolute atomic E-state index is 12.2. The van der Waals surface area contributed by atoms with Crippen LogP contribution in [-0.2, 0) is 22.4 Å². The minimum Gasteiger partial charge on any atom is -0.451 e. The minimum absolute atomic E-state index is 0.183. The molecule has 1 aliphatic rings. The molecule has 1 aromatic carbocycles. The quantitative estimate of drug-likeness (QED) is 0.789. The lowest BCUT2D eigenvalue weighted by Gasteiger charge is -2.14. The predicted molar refractivity (Wildman–Crippen MR) is 99.3 cm³/mol. The number of benzene rings is 1. The van der Waals surface area contributed by atoms with E-state index >= 15 is 0 Å². The summed E-state index contributed by atoms with van der Waals surface area (Å²) in [7, 11) is 0. The Morgan fingerprint density at radius 1 is 1.24 bits per heavy atom. The number of fused-ring (bicyclic) bond motifs is 1. The van der Waals surface area contributed by atoms with Gasteiger partial charge in [-0.1, -0.05) is 23.7 Å². The maximum atomic E-state index is 12.2. The highest BCUT2D eigenvalue weighted by Crippen LogP contribution is 2.30. The smallest absolute Gasteiger partial charge is 0.348 e. The molecule has 0 radical (unpaired) electrons. The Labute approximate surface area is 156 Å². The Bertz CT molecular complexity index is 746. The van der Waals surface area contributed by atoms with Gasteiger partial charge < -0.3 is 10.1 Å². The van der Waals surface area contributed by atoms with Crippen LogP contribution >= 0.6 is 22.9 Å². The van der Waals surface area contributed by atoms with E-state index in [9.17, 15) is 9.59 Å². The van der Waals surface area contributed by atoms with E-state index in [-0.39, 0.29) is 18.6 Å². The number of esters is 1. The van der Waals surface area contributed by atoms with Crippen LogP contribution in [-0.4, -0.2) is 18.5 Å². The van der Waals surface area contributed by atoms with Crippen LogP contribution in [0.1, 0.15) is 51.5 Å². The van der Waals surface area contributed by atoms with Crippen molar-refractivity contribution < 1.29 is 14.3 Å². The minimum atomic E-state index is -0.423. The number of carbonyl (C=O) groups excluding carboxylic acids is 2. The fourth-order valence-corrected chi connectivity index (χ4v) is 4.18. The molecule has 1 amide bonds. The molecule has 1 aromatic heterocycles. The summed E-state index contributed by atoms with van der Waals surface area (Å²) in [4.78, 5) is 26.0. The van der Waals surface area contributed by atoms with E-state index in [0.717, 1.165) is 18.4 Å². The molecule has 132 valence electrons. The van der Waals surface area contributed by atoms with Gasteiger partial charge in [0.05, 0.1) is 6.04 Å². The van der Waals surface area contributed by atoms with Crippen LogP contribution in [0.3, 0.4) is 0 Å². The van der Waals surface area contributed by atoms with Crippen molar-refractivity contribution in [1.82, 2.24) is 5.32 Å². The van der Waals surface area contributed by atoms with E-state index in [1.165, 1.54) is 34.6 Å². The van der Waals surface area contributed by atoms with Crippen LogP contribution in [0.25, 0.3) is 0 Å². The molecule has 0 saturated carbocycles. The zero-order valence-corrected chi connectivity index (χ0v) is 15.6. The zero-order chi connectivity index (χ0) is 17.8. The van der Waals surface area contributed by atoms with Crippen LogP contribution in [0, 0.1) is 0 Å². The van der Waals surface area contributed by atoms with E-state index in [1.807, 2.05) is 25.1 Å². The Balaban J connectivity index is 1.50. The third-order valence-corrected chi connectivity index (χ3v) is 5.75. The summed E-state index contributed by atoms with van der Waals surface area (Å²) in [6.45, 7) is 1.59. The highest BCUT2D eigenvalue weighted by atomic mass is 35.5. The van der Waals surface area contributed by atoms with E-state index in [1.54, 1.807) is 12.1 Å². The average molecular weight is 378 g/mol. The molecule has 1 heterocycles. The first-order chi connectivity index (χ1) is 12.0. The molecule has 25 heavy (non-hydrogen) atoms. The number of hydrogen-bond acceptors (Lipinski definition) is 4. The van der Waals surface area contributed by atoms with Crippen LogP contribution in [0.4, 0.5) is 0 Å². The van der Waals surface area contributed by atoms with Crippen molar-refractivity contribution in [1.29, 1.82) is 0 Å². The lowest BCUT2D eigenvalue weighted by Crippen LogP contribution is -2.31. The highest BCUT2D eigenvalue weighted by Gasteiger charge is 2.19. The third-order valence-electron chi connectivity index (χ3n) is 4.28. The summed E-state index contributed by atoms with van der Waals surface area (Å²) >= 11 is 7.35. The molecule has 0 unspecified atom stereocenters. The van der Waals surface area contributed by atoms with Crippen molar-refractivity contribution in [2.75, 3.05) is 6.61 Å². The number of nitrogens with one attached hydrogen (secondary N) is 1. The van der Waals surface area contributed by atoms with Crippen molar-refractivity contribution in [2.24, 2.45) is 0 Å². The molecule has 6 heteroatoms. The van der Waals surface area contributed by atoms with Gasteiger partial charge in [0.25, 0.3) is 5.91 Å². The van der Waals surface area contributed by atoms with E-state index in [0.29, 0.717) is 9.90 Å². The fraction of sp³-hybridized carbons (Fsp3) is 0.368. The summed E-state index contributed by atoms with van der Waals surface area (Å²) in [5.74, 6) is -0.745. The van der Waals surface area contributed by atoms with Gasteiger partial charge in [-0.2, -0.15) is 0 Å². The van der Waals surface area contributed by atoms with Gasteiger partial charge in [0.1, 0.15) is 4.88 Å². The van der Waals surface area contributed by atoms with Crippen molar-refractivity contribution in [2.45, 2.75) is 38.6 Å². The van der Waals surface area contributed by atoms with Gasteiger partial charge in [0.15, 0.2) is 6.61 Å². The molecule has 2 aromatic rings. The molecule has 0 aliphatic heterocycles. The number of rotatable bonds is 5. The molecule has 1 N–H and O–H groups in total. The van der Waals surface area contributed by atoms with E-state index in [4.69, 9.17) is 16.3 Å². The first-order valence-electron chi connectivity index (χ1n) is 8.36. The van der Waals surface area contributed by atoms with Gasteiger partial charge in [-0.3, -0.25) is 4.79 Å². The lowest BCUT2D eigenvalue weighted by molar-refractivity contribution is -0.124.